The van der Waals surface area contributed by atoms with E-state index in [1.165, 1.54) is 0 Å². The summed E-state index contributed by atoms with van der Waals surface area (Å²) in [4.78, 5) is 13.8. The number of hydrogen-bond acceptors (Lipinski definition) is 6. The summed E-state index contributed by atoms with van der Waals surface area (Å²) in [6, 6.07) is 16.2. The van der Waals surface area contributed by atoms with Crippen molar-refractivity contribution in [3.8, 4) is 0 Å². The highest BCUT2D eigenvalue weighted by Crippen LogP contribution is 2.33. The van der Waals surface area contributed by atoms with E-state index in [0.717, 1.165) is 74.7 Å². The molecule has 158 valence electrons. The zero-order chi connectivity index (χ0) is 21.5. The molecule has 1 aliphatic rings. The maximum atomic E-state index is 6.13. The summed E-state index contributed by atoms with van der Waals surface area (Å²) in [6.45, 7) is 3.65. The average Bonchev–Trinajstić information content (AvgIpc) is 2.99. The molecule has 31 heavy (non-hydrogen) atoms. The van der Waals surface area contributed by atoms with E-state index in [9.17, 15) is 0 Å². The second kappa shape index (κ2) is 8.16. The number of aromatic nitrogens is 2. The maximum absolute atomic E-state index is 6.13. The highest BCUT2D eigenvalue weighted by Gasteiger charge is 2.20. The molecule has 0 amide bonds. The Morgan fingerprint density at radius 3 is 1.55 bits per heavy atom. The molecule has 0 radical (unpaired) electrons. The SMILES string of the molecule is Nc1cc(N2CCCN(c3cc(N)nc4ccc(Br)cc34)CC2)c2cc(Br)ccc2n1. The molecule has 6 nitrogen and oxygen atoms in total. The van der Waals surface area contributed by atoms with Crippen molar-refractivity contribution in [3.63, 3.8) is 0 Å². The van der Waals surface area contributed by atoms with Gasteiger partial charge in [-0.1, -0.05) is 31.9 Å². The van der Waals surface area contributed by atoms with Crippen LogP contribution in [0.4, 0.5) is 23.0 Å². The Morgan fingerprint density at radius 2 is 1.10 bits per heavy atom. The van der Waals surface area contributed by atoms with E-state index in [0.29, 0.717) is 11.6 Å². The first kappa shape index (κ1) is 20.3. The first-order chi connectivity index (χ1) is 15.0. The Kier molecular flexibility index (Phi) is 5.35. The molecule has 4 N–H and O–H groups in total. The monoisotopic (exact) mass is 540 g/mol. The summed E-state index contributed by atoms with van der Waals surface area (Å²) in [5.74, 6) is 1.09. The lowest BCUT2D eigenvalue weighted by Gasteiger charge is -2.27. The van der Waals surface area contributed by atoms with Gasteiger partial charge in [0, 0.05) is 69.4 Å². The van der Waals surface area contributed by atoms with Gasteiger partial charge in [0.05, 0.1) is 11.0 Å². The molecule has 1 fully saturated rings. The summed E-state index contributed by atoms with van der Waals surface area (Å²) < 4.78 is 2.07. The van der Waals surface area contributed by atoms with Crippen molar-refractivity contribution in [2.75, 3.05) is 47.4 Å². The van der Waals surface area contributed by atoms with Crippen LogP contribution in [0.15, 0.2) is 57.5 Å². The number of nitrogen functional groups attached to an aromatic ring is 2. The molecule has 5 rings (SSSR count). The summed E-state index contributed by atoms with van der Waals surface area (Å²) >= 11 is 7.19. The van der Waals surface area contributed by atoms with Gasteiger partial charge in [-0.2, -0.15) is 0 Å². The zero-order valence-corrected chi connectivity index (χ0v) is 20.0. The first-order valence-corrected chi connectivity index (χ1v) is 11.8. The fourth-order valence-electron chi connectivity index (χ4n) is 4.32. The van der Waals surface area contributed by atoms with Crippen LogP contribution in [-0.4, -0.2) is 36.1 Å². The number of halogens is 2. The van der Waals surface area contributed by atoms with E-state index in [2.05, 4.69) is 63.8 Å². The predicted molar refractivity (Wildman–Crippen MR) is 137 cm³/mol. The van der Waals surface area contributed by atoms with E-state index in [1.54, 1.807) is 0 Å². The van der Waals surface area contributed by atoms with Crippen LogP contribution in [0, 0.1) is 0 Å². The van der Waals surface area contributed by atoms with Gasteiger partial charge in [-0.3, -0.25) is 0 Å². The third-order valence-corrected chi connectivity index (χ3v) is 6.70. The zero-order valence-electron chi connectivity index (χ0n) is 16.9. The number of hydrogen-bond donors (Lipinski definition) is 2. The number of rotatable bonds is 2. The van der Waals surface area contributed by atoms with Crippen molar-refractivity contribution in [1.82, 2.24) is 9.97 Å². The fourth-order valence-corrected chi connectivity index (χ4v) is 5.04. The van der Waals surface area contributed by atoms with E-state index in [4.69, 9.17) is 11.5 Å². The minimum Gasteiger partial charge on any atom is -0.384 e. The number of fused-ring (bicyclic) bond motifs is 2. The highest BCUT2D eigenvalue weighted by atomic mass is 79.9. The maximum Gasteiger partial charge on any atom is 0.126 e. The fraction of sp³-hybridized carbons (Fsp3) is 0.217. The molecule has 2 aromatic heterocycles. The van der Waals surface area contributed by atoms with Crippen molar-refractivity contribution < 1.29 is 0 Å². The summed E-state index contributed by atoms with van der Waals surface area (Å²) in [6.07, 6.45) is 1.02. The molecule has 0 spiro atoms. The number of nitrogens with two attached hydrogens (primary N) is 2. The molecule has 0 bridgehead atoms. The molecule has 2 aromatic carbocycles. The minimum atomic E-state index is 0.545. The number of benzene rings is 2. The lowest BCUT2D eigenvalue weighted by molar-refractivity contribution is 0.808. The Hall–Kier alpha value is -2.58. The van der Waals surface area contributed by atoms with Gasteiger partial charge in [0.1, 0.15) is 11.6 Å². The van der Waals surface area contributed by atoms with Gasteiger partial charge in [0.2, 0.25) is 0 Å². The van der Waals surface area contributed by atoms with Gasteiger partial charge in [0.15, 0.2) is 0 Å². The second-order valence-electron chi connectivity index (χ2n) is 7.78. The van der Waals surface area contributed by atoms with E-state index >= 15 is 0 Å². The third kappa shape index (κ3) is 4.02. The number of anilines is 4. The molecule has 1 aliphatic heterocycles. The molecule has 0 atom stereocenters. The van der Waals surface area contributed by atoms with Gasteiger partial charge in [-0.15, -0.1) is 0 Å². The van der Waals surface area contributed by atoms with Crippen molar-refractivity contribution in [2.24, 2.45) is 0 Å². The van der Waals surface area contributed by atoms with Gasteiger partial charge < -0.3 is 21.3 Å². The molecule has 0 saturated carbocycles. The van der Waals surface area contributed by atoms with Crippen LogP contribution in [-0.2, 0) is 0 Å². The lowest BCUT2D eigenvalue weighted by Crippen LogP contribution is -2.31. The number of pyridine rings is 2. The van der Waals surface area contributed by atoms with Crippen molar-refractivity contribution in [2.45, 2.75) is 6.42 Å². The Balaban J connectivity index is 1.50. The average molecular weight is 542 g/mol. The first-order valence-electron chi connectivity index (χ1n) is 10.2. The molecular formula is C23H22Br2N6. The standard InChI is InChI=1S/C23H22Br2N6/c24-14-2-4-18-16(10-14)20(12-22(26)28-18)30-6-1-7-31(9-8-30)21-13-23(27)29-19-5-3-15(25)11-17(19)21/h2-5,10-13H,1,6-9H2,(H2,26,28)(H2,27,29). The van der Waals surface area contributed by atoms with Crippen LogP contribution in [0.25, 0.3) is 21.8 Å². The van der Waals surface area contributed by atoms with Crippen LogP contribution in [0.3, 0.4) is 0 Å². The second-order valence-corrected chi connectivity index (χ2v) is 9.61. The van der Waals surface area contributed by atoms with E-state index in [1.807, 2.05) is 36.4 Å². The Labute approximate surface area is 197 Å². The molecule has 3 heterocycles. The third-order valence-electron chi connectivity index (χ3n) is 5.71. The van der Waals surface area contributed by atoms with Crippen molar-refractivity contribution >= 4 is 76.7 Å². The molecule has 4 aromatic rings. The van der Waals surface area contributed by atoms with Gasteiger partial charge in [-0.25, -0.2) is 9.97 Å². The van der Waals surface area contributed by atoms with Crippen LogP contribution >= 0.6 is 31.9 Å². The summed E-state index contributed by atoms with van der Waals surface area (Å²) in [5.41, 5.74) is 16.4. The van der Waals surface area contributed by atoms with Crippen LogP contribution < -0.4 is 21.3 Å². The summed E-state index contributed by atoms with van der Waals surface area (Å²) in [5, 5.41) is 2.22. The molecule has 0 unspecified atom stereocenters. The van der Waals surface area contributed by atoms with Crippen LogP contribution in [0.5, 0.6) is 0 Å². The van der Waals surface area contributed by atoms with Crippen molar-refractivity contribution in [1.29, 1.82) is 0 Å². The molecule has 0 aliphatic carbocycles. The summed E-state index contributed by atoms with van der Waals surface area (Å²) in [7, 11) is 0. The van der Waals surface area contributed by atoms with Gasteiger partial charge >= 0.3 is 0 Å². The van der Waals surface area contributed by atoms with E-state index in [-0.39, 0.29) is 0 Å². The quantitative estimate of drug-likeness (QED) is 0.363. The van der Waals surface area contributed by atoms with Gasteiger partial charge in [-0.05, 0) is 42.8 Å². The molecular weight excluding hydrogens is 520 g/mol. The molecule has 8 heteroatoms. The van der Waals surface area contributed by atoms with Crippen molar-refractivity contribution in [3.05, 3.63) is 57.5 Å². The van der Waals surface area contributed by atoms with Crippen LogP contribution in [0.1, 0.15) is 6.42 Å². The smallest absolute Gasteiger partial charge is 0.126 e. The topological polar surface area (TPSA) is 84.3 Å². The predicted octanol–water partition coefficient (Wildman–Crippen LogP) is 5.19. The highest BCUT2D eigenvalue weighted by molar-refractivity contribution is 9.10. The molecule has 1 saturated heterocycles. The lowest BCUT2D eigenvalue weighted by atomic mass is 10.1. The van der Waals surface area contributed by atoms with E-state index < -0.39 is 0 Å². The van der Waals surface area contributed by atoms with Crippen LogP contribution in [0.2, 0.25) is 0 Å². The number of nitrogens with zero attached hydrogens (tertiary/aromatic N) is 4. The normalized spacial score (nSPS) is 14.9. The minimum absolute atomic E-state index is 0.545. The Morgan fingerprint density at radius 1 is 0.645 bits per heavy atom. The Bertz CT molecular complexity index is 1190. The van der Waals surface area contributed by atoms with Gasteiger partial charge in [0.25, 0.3) is 0 Å². The largest absolute Gasteiger partial charge is 0.384 e.